The van der Waals surface area contributed by atoms with E-state index in [-0.39, 0.29) is 0 Å². The highest BCUT2D eigenvalue weighted by Crippen LogP contribution is 2.59. The van der Waals surface area contributed by atoms with Crippen molar-refractivity contribution in [3.05, 3.63) is 77.4 Å². The van der Waals surface area contributed by atoms with Gasteiger partial charge in [0.05, 0.1) is 14.7 Å². The fourth-order valence-electron chi connectivity index (χ4n) is 9.97. The van der Waals surface area contributed by atoms with Gasteiger partial charge in [0.15, 0.2) is 0 Å². The van der Waals surface area contributed by atoms with Crippen molar-refractivity contribution in [2.45, 2.75) is 175 Å². The lowest BCUT2D eigenvalue weighted by Crippen LogP contribution is -2.59. The molecule has 0 heterocycles. The Morgan fingerprint density at radius 3 is 0.798 bits per heavy atom. The molecule has 0 radical (unpaired) electrons. The van der Waals surface area contributed by atoms with E-state index < -0.39 is 397 Å². The summed E-state index contributed by atoms with van der Waals surface area (Å²) in [6, 6.07) is -8.02. The molecule has 0 amide bonds. The van der Waals surface area contributed by atoms with Crippen LogP contribution in [0.25, 0.3) is 44.3 Å². The molecule has 0 aromatic heterocycles. The largest absolute Gasteiger partial charge is 0.380 e. The van der Waals surface area contributed by atoms with Crippen molar-refractivity contribution < 1.29 is 286 Å². The van der Waals surface area contributed by atoms with Crippen molar-refractivity contribution in [1.82, 2.24) is 0 Å². The quantitative estimate of drug-likeness (QED) is 0.0196. The van der Waals surface area contributed by atoms with Crippen LogP contribution < -0.4 is 0 Å². The molecule has 6 rings (SSSR count). The van der Waals surface area contributed by atoms with Crippen LogP contribution in [0.5, 0.6) is 0 Å². The van der Waals surface area contributed by atoms with Gasteiger partial charge in [-0.2, -0.15) is 192 Å². The molecule has 72 heteroatoms. The highest BCUT2D eigenvalue weighted by atomic mass is 32.2. The maximum absolute atomic E-state index is 15.2. The summed E-state index contributed by atoms with van der Waals surface area (Å²) < 4.78 is 872. The van der Waals surface area contributed by atoms with Crippen LogP contribution in [0.4, 0.5) is 211 Å². The Labute approximate surface area is 681 Å². The predicted molar refractivity (Wildman–Crippen MR) is 320 cm³/mol. The summed E-state index contributed by atoms with van der Waals surface area (Å²) >= 11 is 0. The zero-order chi connectivity index (χ0) is 101. The number of fused-ring (bicyclic) bond motifs is 6. The van der Waals surface area contributed by atoms with Crippen molar-refractivity contribution >= 4 is 93.9 Å². The third-order valence-electron chi connectivity index (χ3n) is 17.1. The Bertz CT molecular complexity index is 5860. The van der Waals surface area contributed by atoms with E-state index in [1.54, 1.807) is 0 Å². The Hall–Kier alpha value is -7.41. The zero-order valence-corrected chi connectivity index (χ0v) is 63.9. The van der Waals surface area contributed by atoms with Gasteiger partial charge in [0.1, 0.15) is 44.5 Å². The van der Waals surface area contributed by atoms with Gasteiger partial charge in [-0.05, 0) is 52.6 Å². The molecule has 738 valence electrons. The van der Waals surface area contributed by atoms with E-state index >= 15 is 35.1 Å². The molecule has 0 unspecified atom stereocenters. The van der Waals surface area contributed by atoms with E-state index in [2.05, 4.69) is 25.1 Å². The van der Waals surface area contributed by atoms with Gasteiger partial charge < -0.3 is 0 Å². The minimum Gasteiger partial charge on any atom is -0.264 e. The molecular weight excluding hydrogens is 2080 g/mol. The molecular formula is C57H29F48O18S6-. The predicted octanol–water partition coefficient (Wildman–Crippen LogP) is 18.5. The lowest BCUT2D eigenvalue weighted by atomic mass is 9.99. The summed E-state index contributed by atoms with van der Waals surface area (Å²) in [6.07, 6.45) is -36.9. The van der Waals surface area contributed by atoms with Crippen LogP contribution in [0.15, 0.2) is 90.0 Å². The molecule has 1 aliphatic carbocycles. The third-order valence-corrected chi connectivity index (χ3v) is 24.7. The van der Waals surface area contributed by atoms with E-state index in [1.807, 2.05) is 0 Å². The number of hydrogen-bond donors (Lipinski definition) is 0. The monoisotopic (exact) mass is 2100 g/mol. The van der Waals surface area contributed by atoms with E-state index in [4.69, 9.17) is 0 Å². The Balaban J connectivity index is 2.02. The summed E-state index contributed by atoms with van der Waals surface area (Å²) in [4.78, 5) is -17.1. The lowest BCUT2D eigenvalue weighted by molar-refractivity contribution is -0.342. The summed E-state index contributed by atoms with van der Waals surface area (Å²) in [5.41, 5.74) is -13.8. The molecule has 0 atom stereocenters. The van der Waals surface area contributed by atoms with Gasteiger partial charge in [0.2, 0.25) is 0 Å². The first-order valence-corrected chi connectivity index (χ1v) is 39.5. The topological polar surface area (TPSA) is 260 Å². The summed E-state index contributed by atoms with van der Waals surface area (Å²) in [7, 11) is -45.0. The van der Waals surface area contributed by atoms with Gasteiger partial charge in [-0.1, -0.05) is 63.5 Å². The molecule has 0 bridgehead atoms. The van der Waals surface area contributed by atoms with Crippen molar-refractivity contribution in [2.24, 2.45) is 0 Å². The maximum Gasteiger partial charge on any atom is 0.380 e. The van der Waals surface area contributed by atoms with Gasteiger partial charge in [0, 0.05) is 15.4 Å². The highest BCUT2D eigenvalue weighted by Gasteiger charge is 2.81. The summed E-state index contributed by atoms with van der Waals surface area (Å²) in [5.74, 6) is -135. The lowest BCUT2D eigenvalue weighted by Gasteiger charge is -2.32. The normalized spacial score (nSPS) is 16.0. The molecule has 1 aliphatic rings. The number of rotatable bonds is 43. The van der Waals surface area contributed by atoms with Crippen LogP contribution in [0.2, 0.25) is 0 Å². The van der Waals surface area contributed by atoms with Crippen LogP contribution in [-0.4, -0.2) is 235 Å². The van der Waals surface area contributed by atoms with Crippen LogP contribution in [0.1, 0.15) is 16.7 Å². The second kappa shape index (κ2) is 33.9. The van der Waals surface area contributed by atoms with E-state index in [0.29, 0.717) is 0 Å². The van der Waals surface area contributed by atoms with Crippen LogP contribution in [0, 0.1) is 0 Å². The van der Waals surface area contributed by atoms with Gasteiger partial charge in [0.25, 0.3) is 60.7 Å². The number of benzene rings is 4. The molecule has 0 saturated carbocycles. The van der Waals surface area contributed by atoms with E-state index in [1.165, 1.54) is 0 Å². The molecule has 5 aromatic carbocycles. The van der Waals surface area contributed by atoms with Crippen LogP contribution in [0.3, 0.4) is 0 Å². The fraction of sp³-hybridized carbons (Fsp3) is 0.526. The van der Waals surface area contributed by atoms with Crippen molar-refractivity contribution in [2.75, 3.05) is 39.6 Å². The molecule has 0 aliphatic heterocycles. The average Bonchev–Trinajstić information content (AvgIpc) is 1.56. The van der Waals surface area contributed by atoms with Crippen molar-refractivity contribution in [3.63, 3.8) is 0 Å². The van der Waals surface area contributed by atoms with Gasteiger partial charge in [-0.25, -0.2) is 69.5 Å². The second-order valence-corrected chi connectivity index (χ2v) is 35.2. The van der Waals surface area contributed by atoms with E-state index in [9.17, 15) is 226 Å². The van der Waals surface area contributed by atoms with Gasteiger partial charge in [-0.15, -0.1) is 0 Å². The van der Waals surface area contributed by atoms with Crippen LogP contribution in [-0.2, 0) is 85.8 Å². The molecule has 129 heavy (non-hydrogen) atoms. The van der Waals surface area contributed by atoms with Crippen LogP contribution >= 0.6 is 0 Å². The minimum absolute atomic E-state index is 0.513. The highest BCUT2D eigenvalue weighted by molar-refractivity contribution is 7.88. The van der Waals surface area contributed by atoms with Crippen molar-refractivity contribution in [3.8, 4) is 11.1 Å². The number of hydrogen-bond acceptors (Lipinski definition) is 18. The average molecular weight is 2110 g/mol. The molecule has 0 saturated heterocycles. The van der Waals surface area contributed by atoms with Gasteiger partial charge in [-0.3, -0.25) is 25.1 Å². The standard InChI is InChI=1S/C57H29F48O18S6/c58-34(59)46(82,83)52(94,95)40(70,71)12-118-124(106,107)18-1-3-22-24(5-18)26(28-7-20(126(110,111)120-14-42(74,75)54(98,99)48(86,87)36(62)63)9-30(32(22)28)128(114,115)122-16-44(78,79)56(102,103)50(90,91)38(66)67)11-27-25-6-19(125(108,109)119-13-41(72,73)53(96,97)47(84,85)35(60)61)2-4-23(25)33-29(27)8-21(127(112,113)121-15-43(76,77)55(100,101)49(88,89)37(64)65)10-31(33)129(116,117)123-17-45(80,81)57(104,105)51(92,93)39(68)69/h1-11,34-39H,12-17H2/q-1/b26-11+. The zero-order valence-electron chi connectivity index (χ0n) is 59.0. The third kappa shape index (κ3) is 18.8. The summed E-state index contributed by atoms with van der Waals surface area (Å²) in [6.45, 7) is -25.0. The molecule has 0 N–H and O–H groups in total. The molecule has 0 spiro atoms. The SMILES string of the molecule is O=S(=O)(OCC(F)(F)C(F)(F)C(F)(F)C(F)F)c1ccc2c(c1)/C(=C\c1c3cc(S(=O)(=O)OCC(F)(F)C(F)(F)C(F)(F)C(F)F)ccc3c3c(S(=O)(=O)OCC(F)(F)C(F)(F)C(F)(F)C(F)F)cc(S(=O)(=O)OCC(F)(F)C(F)(F)C(F)(F)C(F)F)c[c-]13)c1cc(S(=O)(=O)OCC(F)(F)C(F)(F)C(F)(F)C(F)F)cc(S(=O)(=O)OCC(F)(F)C(F)(F)C(F)(F)C(F)F)c1-2. The first-order chi connectivity index (χ1) is 57.0. The van der Waals surface area contributed by atoms with Crippen molar-refractivity contribution in [1.29, 1.82) is 0 Å². The maximum atomic E-state index is 15.2. The Kier molecular flexibility index (Phi) is 29.0. The second-order valence-electron chi connectivity index (χ2n) is 25.6. The Morgan fingerprint density at radius 1 is 0.264 bits per heavy atom. The number of alkyl halides is 48. The molecule has 0 fully saturated rings. The fourth-order valence-corrected chi connectivity index (χ4v) is 16.3. The van der Waals surface area contributed by atoms with Gasteiger partial charge >= 0.3 is 145 Å². The first-order valence-electron chi connectivity index (χ1n) is 31.1. The summed E-state index contributed by atoms with van der Waals surface area (Å²) in [5, 5.41) is -9.05. The number of halogens is 48. The smallest absolute Gasteiger partial charge is 0.264 e. The molecule has 18 nitrogen and oxygen atoms in total. The Morgan fingerprint density at radius 2 is 0.504 bits per heavy atom. The molecule has 5 aromatic rings. The minimum atomic E-state index is -7.81. The van der Waals surface area contributed by atoms with E-state index in [0.717, 1.165) is 0 Å². The first kappa shape index (κ1) is 110.